The molecule has 2 aliphatic rings. The Morgan fingerprint density at radius 2 is 1.71 bits per heavy atom. The molecule has 6 nitrogen and oxygen atoms in total. The lowest BCUT2D eigenvalue weighted by Gasteiger charge is -2.34. The summed E-state index contributed by atoms with van der Waals surface area (Å²) in [7, 11) is 0. The molecule has 0 bridgehead atoms. The number of para-hydroxylation sites is 1. The number of thioether (sulfide) groups is 1. The second kappa shape index (κ2) is 11.6. The number of fused-ring (bicyclic) bond motifs is 2. The lowest BCUT2D eigenvalue weighted by atomic mass is 10.1. The number of hydrazone groups is 1. The van der Waals surface area contributed by atoms with Crippen LogP contribution in [0.1, 0.15) is 64.6 Å². The third-order valence-electron chi connectivity index (χ3n) is 6.05. The fourth-order valence-corrected chi connectivity index (χ4v) is 5.25. The summed E-state index contributed by atoms with van der Waals surface area (Å²) in [5, 5.41) is 12.0. The van der Waals surface area contributed by atoms with E-state index in [2.05, 4.69) is 55.3 Å². The number of hydrogen-bond acceptors (Lipinski definition) is 6. The number of nitrogens with one attached hydrogen (secondary N) is 1. The highest BCUT2D eigenvalue weighted by Gasteiger charge is 2.34. The topological polar surface area (TPSA) is 60.3 Å². The second-order valence-corrected chi connectivity index (χ2v) is 9.79. The molecule has 0 spiro atoms. The monoisotopic (exact) mass is 477 g/mol. The van der Waals surface area contributed by atoms with Crippen LogP contribution in [0.25, 0.3) is 5.70 Å². The van der Waals surface area contributed by atoms with Crippen LogP contribution in [0.5, 0.6) is 0 Å². The van der Waals surface area contributed by atoms with Gasteiger partial charge in [0.25, 0.3) is 5.91 Å². The maximum Gasteiger partial charge on any atom is 0.276 e. The van der Waals surface area contributed by atoms with Crippen molar-refractivity contribution in [3.63, 3.8) is 0 Å². The van der Waals surface area contributed by atoms with E-state index in [1.807, 2.05) is 29.3 Å². The van der Waals surface area contributed by atoms with Crippen LogP contribution in [0, 0.1) is 0 Å². The smallest absolute Gasteiger partial charge is 0.276 e. The van der Waals surface area contributed by atoms with Gasteiger partial charge in [-0.3, -0.25) is 15.1 Å². The van der Waals surface area contributed by atoms with Gasteiger partial charge in [-0.25, -0.2) is 5.01 Å². The van der Waals surface area contributed by atoms with E-state index in [1.54, 1.807) is 11.8 Å². The molecule has 0 saturated carbocycles. The highest BCUT2D eigenvalue weighted by Crippen LogP contribution is 2.32. The Hall–Kier alpha value is -2.80. The SMILES string of the molecule is CCCCCSC1=NN2C(=c3ccccc3=N[C@@H]2c2ccc(N(CCC)CCC)cc2)C(=O)N1. The number of amidine groups is 1. The van der Waals surface area contributed by atoms with Crippen LogP contribution >= 0.6 is 11.8 Å². The number of rotatable bonds is 10. The predicted octanol–water partition coefficient (Wildman–Crippen LogP) is 4.38. The highest BCUT2D eigenvalue weighted by molar-refractivity contribution is 8.13. The molecule has 34 heavy (non-hydrogen) atoms. The minimum absolute atomic E-state index is 0.117. The van der Waals surface area contributed by atoms with Crippen molar-refractivity contribution in [3.05, 3.63) is 64.7 Å². The molecule has 2 aliphatic heterocycles. The van der Waals surface area contributed by atoms with Crippen molar-refractivity contribution in [3.8, 4) is 0 Å². The molecule has 1 N–H and O–H groups in total. The molecule has 2 aromatic rings. The summed E-state index contributed by atoms with van der Waals surface area (Å²) in [6, 6.07) is 16.4. The van der Waals surface area contributed by atoms with E-state index in [0.717, 1.165) is 54.2 Å². The van der Waals surface area contributed by atoms with Gasteiger partial charge < -0.3 is 4.90 Å². The summed E-state index contributed by atoms with van der Waals surface area (Å²) >= 11 is 1.61. The Labute approximate surface area is 206 Å². The standard InChI is InChI=1S/C27H35N5OS/c1-4-7-10-19-34-27-29-26(33)24-22-11-8-9-12-23(22)28-25(32(24)30-27)20-13-15-21(16-14-20)31(17-5-2)18-6-3/h8-9,11-16,25H,4-7,10,17-19H2,1-3H3,(H,29,30,33)/t25-/m0/s1. The third kappa shape index (κ3) is 5.30. The van der Waals surface area contributed by atoms with Crippen LogP contribution in [0.15, 0.2) is 58.6 Å². The van der Waals surface area contributed by atoms with Gasteiger partial charge in [0.05, 0.1) is 5.36 Å². The molecule has 0 unspecified atom stereocenters. The number of anilines is 1. The van der Waals surface area contributed by atoms with Gasteiger partial charge in [-0.2, -0.15) is 0 Å². The van der Waals surface area contributed by atoms with Crippen LogP contribution < -0.4 is 20.8 Å². The fraction of sp³-hybridized carbons (Fsp3) is 0.444. The van der Waals surface area contributed by atoms with E-state index in [-0.39, 0.29) is 12.1 Å². The van der Waals surface area contributed by atoms with Crippen LogP contribution in [0.2, 0.25) is 0 Å². The minimum atomic E-state index is -0.373. The molecular formula is C27H35N5OS. The molecule has 4 rings (SSSR count). The molecule has 0 aromatic heterocycles. The molecule has 0 radical (unpaired) electrons. The first-order chi connectivity index (χ1) is 16.7. The molecule has 0 saturated heterocycles. The molecule has 0 fully saturated rings. The Balaban J connectivity index is 1.69. The van der Waals surface area contributed by atoms with Crippen molar-refractivity contribution in [2.24, 2.45) is 10.1 Å². The van der Waals surface area contributed by atoms with Gasteiger partial charge in [0.2, 0.25) is 0 Å². The van der Waals surface area contributed by atoms with Crippen molar-refractivity contribution < 1.29 is 4.79 Å². The van der Waals surface area contributed by atoms with Gasteiger partial charge in [-0.1, -0.05) is 75.7 Å². The van der Waals surface area contributed by atoms with E-state index >= 15 is 0 Å². The molecule has 180 valence electrons. The minimum Gasteiger partial charge on any atom is -0.372 e. The fourth-order valence-electron chi connectivity index (χ4n) is 4.40. The molecular weight excluding hydrogens is 442 g/mol. The normalized spacial score (nSPS) is 16.9. The van der Waals surface area contributed by atoms with E-state index in [9.17, 15) is 4.79 Å². The summed E-state index contributed by atoms with van der Waals surface area (Å²) in [6.07, 6.45) is 5.32. The number of benzene rings is 2. The summed E-state index contributed by atoms with van der Waals surface area (Å²) in [5.74, 6) is 0.822. The van der Waals surface area contributed by atoms with E-state index < -0.39 is 0 Å². The maximum absolute atomic E-state index is 13.2. The average Bonchev–Trinajstić information content (AvgIpc) is 2.86. The van der Waals surface area contributed by atoms with Crippen molar-refractivity contribution in [1.82, 2.24) is 10.3 Å². The lowest BCUT2D eigenvalue weighted by molar-refractivity contribution is -0.116. The predicted molar refractivity (Wildman–Crippen MR) is 142 cm³/mol. The average molecular weight is 478 g/mol. The largest absolute Gasteiger partial charge is 0.372 e. The first-order valence-corrected chi connectivity index (χ1v) is 13.5. The van der Waals surface area contributed by atoms with E-state index in [4.69, 9.17) is 10.1 Å². The van der Waals surface area contributed by atoms with E-state index in [1.165, 1.54) is 18.5 Å². The maximum atomic E-state index is 13.2. The number of amides is 1. The van der Waals surface area contributed by atoms with Crippen molar-refractivity contribution in [2.45, 2.75) is 59.0 Å². The van der Waals surface area contributed by atoms with Crippen LogP contribution in [0.3, 0.4) is 0 Å². The Kier molecular flexibility index (Phi) is 8.27. The number of carbonyl (C=O) groups excluding carboxylic acids is 1. The van der Waals surface area contributed by atoms with Crippen LogP contribution in [-0.4, -0.2) is 34.9 Å². The molecule has 0 aliphatic carbocycles. The molecule has 2 heterocycles. The van der Waals surface area contributed by atoms with Gasteiger partial charge >= 0.3 is 0 Å². The first-order valence-electron chi connectivity index (χ1n) is 12.5. The molecule has 2 aromatic carbocycles. The quantitative estimate of drug-likeness (QED) is 0.516. The number of hydrogen-bond donors (Lipinski definition) is 1. The zero-order valence-corrected chi connectivity index (χ0v) is 21.3. The van der Waals surface area contributed by atoms with Crippen molar-refractivity contribution >= 4 is 34.2 Å². The van der Waals surface area contributed by atoms with Gasteiger partial charge in [0.15, 0.2) is 11.3 Å². The Bertz CT molecular complexity index is 1140. The summed E-state index contributed by atoms with van der Waals surface area (Å²) < 4.78 is 0. The highest BCUT2D eigenvalue weighted by atomic mass is 32.2. The molecule has 7 heteroatoms. The van der Waals surface area contributed by atoms with Gasteiger partial charge in [0.1, 0.15) is 5.70 Å². The molecule has 1 amide bonds. The van der Waals surface area contributed by atoms with Crippen molar-refractivity contribution in [2.75, 3.05) is 23.7 Å². The zero-order chi connectivity index (χ0) is 23.9. The first kappa shape index (κ1) is 24.3. The Morgan fingerprint density at radius 1 is 0.971 bits per heavy atom. The van der Waals surface area contributed by atoms with Gasteiger partial charge in [0, 0.05) is 29.7 Å². The number of nitrogens with zero attached hydrogens (tertiary/aromatic N) is 4. The van der Waals surface area contributed by atoms with E-state index in [0.29, 0.717) is 10.9 Å². The number of unbranched alkanes of at least 4 members (excludes halogenated alkanes) is 2. The summed E-state index contributed by atoms with van der Waals surface area (Å²) in [4.78, 5) is 20.7. The second-order valence-electron chi connectivity index (χ2n) is 8.71. The van der Waals surface area contributed by atoms with Crippen LogP contribution in [0.4, 0.5) is 5.69 Å². The van der Waals surface area contributed by atoms with Crippen LogP contribution in [-0.2, 0) is 4.79 Å². The van der Waals surface area contributed by atoms with Crippen molar-refractivity contribution in [1.29, 1.82) is 0 Å². The van der Waals surface area contributed by atoms with Gasteiger partial charge in [-0.05, 0) is 43.0 Å². The summed E-state index contributed by atoms with van der Waals surface area (Å²) in [5.41, 5.74) is 2.81. The van der Waals surface area contributed by atoms with Gasteiger partial charge in [-0.15, -0.1) is 5.10 Å². The third-order valence-corrected chi connectivity index (χ3v) is 7.00. The number of carbonyl (C=O) groups is 1. The summed E-state index contributed by atoms with van der Waals surface area (Å²) in [6.45, 7) is 8.70. The zero-order valence-electron chi connectivity index (χ0n) is 20.5. The lowest BCUT2D eigenvalue weighted by Crippen LogP contribution is -2.50. The Morgan fingerprint density at radius 3 is 2.41 bits per heavy atom. The molecule has 1 atom stereocenters.